The van der Waals surface area contributed by atoms with E-state index in [9.17, 15) is 0 Å². The lowest BCUT2D eigenvalue weighted by Gasteiger charge is -2.24. The van der Waals surface area contributed by atoms with Crippen molar-refractivity contribution in [3.8, 4) is 0 Å². The summed E-state index contributed by atoms with van der Waals surface area (Å²) in [5, 5.41) is 0. The van der Waals surface area contributed by atoms with Crippen LogP contribution in [-0.2, 0) is 6.54 Å². The highest BCUT2D eigenvalue weighted by atomic mass is 35.5. The van der Waals surface area contributed by atoms with Gasteiger partial charge in [-0.25, -0.2) is 4.98 Å². The van der Waals surface area contributed by atoms with Gasteiger partial charge in [-0.05, 0) is 19.4 Å². The summed E-state index contributed by atoms with van der Waals surface area (Å²) < 4.78 is 0. The van der Waals surface area contributed by atoms with E-state index in [0.717, 1.165) is 30.3 Å². The third-order valence-electron chi connectivity index (χ3n) is 2.92. The first kappa shape index (κ1) is 13.8. The van der Waals surface area contributed by atoms with Crippen molar-refractivity contribution in [1.82, 2.24) is 9.97 Å². The number of alkyl halides is 1. The second-order valence-corrected chi connectivity index (χ2v) is 4.89. The van der Waals surface area contributed by atoms with Gasteiger partial charge in [-0.15, -0.1) is 11.6 Å². The lowest BCUT2D eigenvalue weighted by atomic mass is 10.2. The Hall–Kier alpha value is -1.61. The van der Waals surface area contributed by atoms with Gasteiger partial charge in [0, 0.05) is 25.2 Å². The van der Waals surface area contributed by atoms with Crippen molar-refractivity contribution in [2.24, 2.45) is 0 Å². The molecule has 0 saturated heterocycles. The molecule has 2 aromatic rings. The molecule has 0 aliphatic rings. The van der Waals surface area contributed by atoms with E-state index in [0.29, 0.717) is 5.88 Å². The number of aromatic nitrogens is 2. The molecule has 0 saturated carbocycles. The molecule has 0 aliphatic carbocycles. The van der Waals surface area contributed by atoms with Gasteiger partial charge in [0.15, 0.2) is 5.82 Å². The van der Waals surface area contributed by atoms with Crippen molar-refractivity contribution in [3.63, 3.8) is 0 Å². The number of hydrogen-bond donors (Lipinski definition) is 0. The van der Waals surface area contributed by atoms with Gasteiger partial charge in [0.05, 0.1) is 11.4 Å². The van der Waals surface area contributed by atoms with Crippen LogP contribution < -0.4 is 4.90 Å². The average Bonchev–Trinajstić information content (AvgIpc) is 2.42. The molecule has 100 valence electrons. The van der Waals surface area contributed by atoms with Gasteiger partial charge < -0.3 is 4.90 Å². The third-order valence-corrected chi connectivity index (χ3v) is 3.09. The molecule has 1 aromatic heterocycles. The zero-order valence-corrected chi connectivity index (χ0v) is 12.1. The van der Waals surface area contributed by atoms with Crippen molar-refractivity contribution in [2.45, 2.75) is 20.4 Å². The Morgan fingerprint density at radius 3 is 2.58 bits per heavy atom. The van der Waals surface area contributed by atoms with Gasteiger partial charge in [-0.3, -0.25) is 4.98 Å². The summed E-state index contributed by atoms with van der Waals surface area (Å²) in [4.78, 5) is 11.1. The average molecular weight is 276 g/mol. The number of nitrogens with zero attached hydrogens (tertiary/aromatic N) is 3. The van der Waals surface area contributed by atoms with E-state index in [1.54, 1.807) is 6.20 Å². The molecule has 4 heteroatoms. The lowest BCUT2D eigenvalue weighted by molar-refractivity contribution is 0.800. The van der Waals surface area contributed by atoms with E-state index in [2.05, 4.69) is 27.0 Å². The van der Waals surface area contributed by atoms with E-state index in [1.807, 2.05) is 32.0 Å². The summed E-state index contributed by atoms with van der Waals surface area (Å²) in [5.74, 6) is 1.49. The molecule has 0 spiro atoms. The van der Waals surface area contributed by atoms with Gasteiger partial charge in [-0.1, -0.05) is 30.3 Å². The van der Waals surface area contributed by atoms with E-state index in [-0.39, 0.29) is 0 Å². The number of hydrogen-bond acceptors (Lipinski definition) is 3. The molecule has 2 rings (SSSR count). The highest BCUT2D eigenvalue weighted by Gasteiger charge is 2.12. The van der Waals surface area contributed by atoms with Crippen LogP contribution in [0.25, 0.3) is 0 Å². The molecule has 0 unspecified atom stereocenters. The first-order valence-corrected chi connectivity index (χ1v) is 6.89. The monoisotopic (exact) mass is 275 g/mol. The highest BCUT2D eigenvalue weighted by molar-refractivity contribution is 6.18. The van der Waals surface area contributed by atoms with Crippen LogP contribution in [0.4, 0.5) is 5.82 Å². The summed E-state index contributed by atoms with van der Waals surface area (Å²) in [5.41, 5.74) is 3.11. The molecule has 0 N–H and O–H groups in total. The van der Waals surface area contributed by atoms with Crippen LogP contribution in [0, 0.1) is 13.8 Å². The zero-order chi connectivity index (χ0) is 13.7. The van der Waals surface area contributed by atoms with Crippen molar-refractivity contribution < 1.29 is 0 Å². The maximum Gasteiger partial charge on any atom is 0.150 e. The molecule has 0 bridgehead atoms. The molecule has 0 fully saturated rings. The van der Waals surface area contributed by atoms with Gasteiger partial charge >= 0.3 is 0 Å². The Morgan fingerprint density at radius 2 is 1.89 bits per heavy atom. The van der Waals surface area contributed by atoms with E-state index in [4.69, 9.17) is 11.6 Å². The second-order valence-electron chi connectivity index (χ2n) is 4.52. The minimum atomic E-state index is 0.571. The Balaban J connectivity index is 2.27. The summed E-state index contributed by atoms with van der Waals surface area (Å²) >= 11 is 5.91. The molecule has 19 heavy (non-hydrogen) atoms. The summed E-state index contributed by atoms with van der Waals surface area (Å²) in [6.07, 6.45) is 1.79. The second kappa shape index (κ2) is 6.53. The van der Waals surface area contributed by atoms with Gasteiger partial charge in [0.1, 0.15) is 0 Å². The van der Waals surface area contributed by atoms with E-state index < -0.39 is 0 Å². The fraction of sp³-hybridized carbons (Fsp3) is 0.333. The van der Waals surface area contributed by atoms with E-state index in [1.165, 1.54) is 5.56 Å². The molecular formula is C15H18ClN3. The molecule has 3 nitrogen and oxygen atoms in total. The van der Waals surface area contributed by atoms with Crippen LogP contribution >= 0.6 is 11.6 Å². The van der Waals surface area contributed by atoms with Crippen molar-refractivity contribution >= 4 is 17.4 Å². The molecule has 1 heterocycles. The van der Waals surface area contributed by atoms with Crippen molar-refractivity contribution in [2.75, 3.05) is 17.3 Å². The summed E-state index contributed by atoms with van der Waals surface area (Å²) in [6.45, 7) is 5.49. The normalized spacial score (nSPS) is 10.5. The minimum absolute atomic E-state index is 0.571. The third kappa shape index (κ3) is 3.67. The maximum absolute atomic E-state index is 5.91. The van der Waals surface area contributed by atoms with Crippen LogP contribution in [-0.4, -0.2) is 22.4 Å². The van der Waals surface area contributed by atoms with Crippen molar-refractivity contribution in [1.29, 1.82) is 0 Å². The van der Waals surface area contributed by atoms with Crippen LogP contribution in [0.15, 0.2) is 36.5 Å². The Kier molecular flexibility index (Phi) is 4.74. The smallest absolute Gasteiger partial charge is 0.150 e. The largest absolute Gasteiger partial charge is 0.350 e. The van der Waals surface area contributed by atoms with Crippen LogP contribution in [0.1, 0.15) is 17.0 Å². The topological polar surface area (TPSA) is 29.0 Å². The standard InChI is InChI=1S/C15H18ClN3/c1-12-10-17-13(2)15(18-12)19(9-8-16)11-14-6-4-3-5-7-14/h3-7,10H,8-9,11H2,1-2H3. The molecule has 0 aliphatic heterocycles. The zero-order valence-electron chi connectivity index (χ0n) is 11.3. The number of aryl methyl sites for hydroxylation is 2. The molecule has 0 atom stereocenters. The van der Waals surface area contributed by atoms with E-state index >= 15 is 0 Å². The van der Waals surface area contributed by atoms with Gasteiger partial charge in [-0.2, -0.15) is 0 Å². The molecule has 0 radical (unpaired) electrons. The highest BCUT2D eigenvalue weighted by Crippen LogP contribution is 2.18. The summed E-state index contributed by atoms with van der Waals surface area (Å²) in [6, 6.07) is 10.3. The lowest BCUT2D eigenvalue weighted by Crippen LogP contribution is -2.27. The number of benzene rings is 1. The predicted molar refractivity (Wildman–Crippen MR) is 79.7 cm³/mol. The quantitative estimate of drug-likeness (QED) is 0.784. The fourth-order valence-corrected chi connectivity index (χ4v) is 2.19. The predicted octanol–water partition coefficient (Wildman–Crippen LogP) is 3.34. The minimum Gasteiger partial charge on any atom is -0.350 e. The van der Waals surface area contributed by atoms with Gasteiger partial charge in [0.25, 0.3) is 0 Å². The maximum atomic E-state index is 5.91. The SMILES string of the molecule is Cc1cnc(C)c(N(CCCl)Cc2ccccc2)n1. The van der Waals surface area contributed by atoms with Crippen LogP contribution in [0.3, 0.4) is 0 Å². The number of anilines is 1. The Morgan fingerprint density at radius 1 is 1.16 bits per heavy atom. The van der Waals surface area contributed by atoms with Crippen LogP contribution in [0.2, 0.25) is 0 Å². The fourth-order valence-electron chi connectivity index (χ4n) is 1.99. The van der Waals surface area contributed by atoms with Crippen LogP contribution in [0.5, 0.6) is 0 Å². The Labute approximate surface area is 119 Å². The molecule has 0 amide bonds. The van der Waals surface area contributed by atoms with Gasteiger partial charge in [0.2, 0.25) is 0 Å². The molecule has 1 aromatic carbocycles. The number of halogens is 1. The summed E-state index contributed by atoms with van der Waals surface area (Å²) in [7, 11) is 0. The molecular weight excluding hydrogens is 258 g/mol. The first-order chi connectivity index (χ1) is 9.20. The first-order valence-electron chi connectivity index (χ1n) is 6.36. The Bertz CT molecular complexity index is 528. The number of rotatable bonds is 5. The van der Waals surface area contributed by atoms with Crippen molar-refractivity contribution in [3.05, 3.63) is 53.5 Å².